The molecule has 2 rings (SSSR count). The van der Waals surface area contributed by atoms with Crippen molar-refractivity contribution < 1.29 is 9.53 Å². The molecule has 0 saturated heterocycles. The predicted octanol–water partition coefficient (Wildman–Crippen LogP) is 0.366. The van der Waals surface area contributed by atoms with Crippen LogP contribution in [0.4, 0.5) is 0 Å². The number of ether oxygens (including phenoxy) is 1. The fourth-order valence-corrected chi connectivity index (χ4v) is 1.75. The standard InChI is InChI=1S/C10H12N2O3/c1-15-10(14)7-6-9(13)12-5-3-2-4-8(12)11-7/h6H,2-5H2,1H3. The minimum Gasteiger partial charge on any atom is -0.464 e. The zero-order valence-electron chi connectivity index (χ0n) is 8.52. The van der Waals surface area contributed by atoms with Gasteiger partial charge in [0.25, 0.3) is 5.56 Å². The van der Waals surface area contributed by atoms with Gasteiger partial charge in [0.2, 0.25) is 0 Å². The third-order valence-corrected chi connectivity index (χ3v) is 2.51. The van der Waals surface area contributed by atoms with Crippen molar-refractivity contribution in [3.05, 3.63) is 27.9 Å². The molecule has 1 aromatic rings. The van der Waals surface area contributed by atoms with Crippen LogP contribution in [0.5, 0.6) is 0 Å². The van der Waals surface area contributed by atoms with Gasteiger partial charge in [-0.25, -0.2) is 9.78 Å². The van der Waals surface area contributed by atoms with Crippen LogP contribution < -0.4 is 5.56 Å². The third kappa shape index (κ3) is 1.77. The number of fused-ring (bicyclic) bond motifs is 1. The summed E-state index contributed by atoms with van der Waals surface area (Å²) in [4.78, 5) is 27.0. The van der Waals surface area contributed by atoms with Gasteiger partial charge in [0.05, 0.1) is 7.11 Å². The van der Waals surface area contributed by atoms with Gasteiger partial charge in [0.15, 0.2) is 5.69 Å². The van der Waals surface area contributed by atoms with Crippen LogP contribution in [0, 0.1) is 0 Å². The molecule has 0 aromatic carbocycles. The second-order valence-electron chi connectivity index (χ2n) is 3.50. The first-order valence-corrected chi connectivity index (χ1v) is 4.91. The van der Waals surface area contributed by atoms with Gasteiger partial charge >= 0.3 is 5.97 Å². The molecule has 1 aromatic heterocycles. The number of aryl methyl sites for hydroxylation is 1. The summed E-state index contributed by atoms with van der Waals surface area (Å²) < 4.78 is 6.15. The largest absolute Gasteiger partial charge is 0.464 e. The molecule has 15 heavy (non-hydrogen) atoms. The number of carbonyl (C=O) groups is 1. The number of hydrogen-bond acceptors (Lipinski definition) is 4. The van der Waals surface area contributed by atoms with E-state index in [0.29, 0.717) is 12.4 Å². The summed E-state index contributed by atoms with van der Waals surface area (Å²) in [5.41, 5.74) is -0.0595. The SMILES string of the molecule is COC(=O)c1cc(=O)n2c(n1)CCCC2. The van der Waals surface area contributed by atoms with Crippen molar-refractivity contribution >= 4 is 5.97 Å². The lowest BCUT2D eigenvalue weighted by Crippen LogP contribution is -2.29. The van der Waals surface area contributed by atoms with Gasteiger partial charge in [-0.15, -0.1) is 0 Å². The van der Waals surface area contributed by atoms with Crippen LogP contribution in [0.1, 0.15) is 29.2 Å². The van der Waals surface area contributed by atoms with Gasteiger partial charge in [-0.2, -0.15) is 0 Å². The molecule has 0 amide bonds. The van der Waals surface area contributed by atoms with Crippen molar-refractivity contribution in [2.45, 2.75) is 25.8 Å². The highest BCUT2D eigenvalue weighted by Crippen LogP contribution is 2.10. The number of aromatic nitrogens is 2. The molecule has 0 fully saturated rings. The van der Waals surface area contributed by atoms with Crippen molar-refractivity contribution in [3.63, 3.8) is 0 Å². The van der Waals surface area contributed by atoms with E-state index in [-0.39, 0.29) is 11.3 Å². The molecule has 0 N–H and O–H groups in total. The first kappa shape index (κ1) is 9.89. The highest BCUT2D eigenvalue weighted by molar-refractivity contribution is 5.86. The van der Waals surface area contributed by atoms with Crippen molar-refractivity contribution in [1.82, 2.24) is 9.55 Å². The number of rotatable bonds is 1. The highest BCUT2D eigenvalue weighted by atomic mass is 16.5. The molecule has 0 bridgehead atoms. The van der Waals surface area contributed by atoms with E-state index in [1.165, 1.54) is 13.2 Å². The number of esters is 1. The first-order valence-electron chi connectivity index (χ1n) is 4.91. The normalized spacial score (nSPS) is 14.5. The number of hydrogen-bond donors (Lipinski definition) is 0. The van der Waals surface area contributed by atoms with Crippen molar-refractivity contribution in [3.8, 4) is 0 Å². The Hall–Kier alpha value is -1.65. The van der Waals surface area contributed by atoms with E-state index in [4.69, 9.17) is 0 Å². The Kier molecular flexibility index (Phi) is 2.53. The Morgan fingerprint density at radius 1 is 1.53 bits per heavy atom. The first-order chi connectivity index (χ1) is 7.22. The molecule has 80 valence electrons. The molecule has 5 nitrogen and oxygen atoms in total. The average molecular weight is 208 g/mol. The van der Waals surface area contributed by atoms with E-state index in [9.17, 15) is 9.59 Å². The van der Waals surface area contributed by atoms with Crippen LogP contribution in [0.15, 0.2) is 10.9 Å². The third-order valence-electron chi connectivity index (χ3n) is 2.51. The van der Waals surface area contributed by atoms with Gasteiger partial charge in [-0.3, -0.25) is 9.36 Å². The number of nitrogens with zero attached hydrogens (tertiary/aromatic N) is 2. The fraction of sp³-hybridized carbons (Fsp3) is 0.500. The Morgan fingerprint density at radius 2 is 2.33 bits per heavy atom. The van der Waals surface area contributed by atoms with E-state index in [1.54, 1.807) is 4.57 Å². The number of carbonyl (C=O) groups excluding carboxylic acids is 1. The topological polar surface area (TPSA) is 61.2 Å². The van der Waals surface area contributed by atoms with Gasteiger partial charge in [0, 0.05) is 19.0 Å². The van der Waals surface area contributed by atoms with E-state index >= 15 is 0 Å². The van der Waals surface area contributed by atoms with E-state index < -0.39 is 5.97 Å². The Labute approximate surface area is 86.7 Å². The smallest absolute Gasteiger partial charge is 0.356 e. The summed E-state index contributed by atoms with van der Waals surface area (Å²) in [7, 11) is 1.28. The van der Waals surface area contributed by atoms with Crippen LogP contribution in [0.2, 0.25) is 0 Å². The molecular formula is C10H12N2O3. The van der Waals surface area contributed by atoms with Gasteiger partial charge in [-0.1, -0.05) is 0 Å². The monoisotopic (exact) mass is 208 g/mol. The maximum absolute atomic E-state index is 11.6. The molecule has 2 heterocycles. The maximum atomic E-state index is 11.6. The molecular weight excluding hydrogens is 196 g/mol. The van der Waals surface area contributed by atoms with Crippen LogP contribution in [-0.4, -0.2) is 22.6 Å². The van der Waals surface area contributed by atoms with E-state index in [2.05, 4.69) is 9.72 Å². The lowest BCUT2D eigenvalue weighted by Gasteiger charge is -2.16. The van der Waals surface area contributed by atoms with E-state index in [1.807, 2.05) is 0 Å². The summed E-state index contributed by atoms with van der Waals surface area (Å²) in [5.74, 6) is 0.134. The zero-order chi connectivity index (χ0) is 10.8. The molecule has 0 aliphatic carbocycles. The molecule has 0 radical (unpaired) electrons. The maximum Gasteiger partial charge on any atom is 0.356 e. The van der Waals surface area contributed by atoms with Crippen LogP contribution >= 0.6 is 0 Å². The minimum atomic E-state index is -0.555. The predicted molar refractivity (Wildman–Crippen MR) is 52.8 cm³/mol. The zero-order valence-corrected chi connectivity index (χ0v) is 8.52. The quantitative estimate of drug-likeness (QED) is 0.625. The lowest BCUT2D eigenvalue weighted by atomic mass is 10.1. The highest BCUT2D eigenvalue weighted by Gasteiger charge is 2.16. The molecule has 0 spiro atoms. The van der Waals surface area contributed by atoms with Gasteiger partial charge in [0.1, 0.15) is 5.82 Å². The average Bonchev–Trinajstić information content (AvgIpc) is 2.28. The second-order valence-corrected chi connectivity index (χ2v) is 3.50. The van der Waals surface area contributed by atoms with Gasteiger partial charge < -0.3 is 4.74 Å². The molecule has 1 aliphatic rings. The van der Waals surface area contributed by atoms with Crippen molar-refractivity contribution in [1.29, 1.82) is 0 Å². The summed E-state index contributed by atoms with van der Waals surface area (Å²) in [5, 5.41) is 0. The number of methoxy groups -OCH3 is 1. The second kappa shape index (κ2) is 3.84. The summed E-state index contributed by atoms with van der Waals surface area (Å²) in [6.45, 7) is 0.697. The van der Waals surface area contributed by atoms with Crippen molar-refractivity contribution in [2.75, 3.05) is 7.11 Å². The van der Waals surface area contributed by atoms with E-state index in [0.717, 1.165) is 19.3 Å². The Bertz CT molecular complexity index is 450. The molecule has 5 heteroatoms. The summed E-state index contributed by atoms with van der Waals surface area (Å²) >= 11 is 0. The molecule has 0 atom stereocenters. The van der Waals surface area contributed by atoms with Crippen molar-refractivity contribution in [2.24, 2.45) is 0 Å². The van der Waals surface area contributed by atoms with Crippen LogP contribution in [0.3, 0.4) is 0 Å². The van der Waals surface area contributed by atoms with Gasteiger partial charge in [-0.05, 0) is 12.8 Å². The van der Waals surface area contributed by atoms with Crippen LogP contribution in [-0.2, 0) is 17.7 Å². The molecule has 1 aliphatic heterocycles. The van der Waals surface area contributed by atoms with Crippen LogP contribution in [0.25, 0.3) is 0 Å². The molecule has 0 saturated carbocycles. The molecule has 0 unspecified atom stereocenters. The fourth-order valence-electron chi connectivity index (χ4n) is 1.75. The summed E-state index contributed by atoms with van der Waals surface area (Å²) in [6, 6.07) is 1.24. The Morgan fingerprint density at radius 3 is 3.07 bits per heavy atom. The Balaban J connectivity index is 2.50. The minimum absolute atomic E-state index is 0.107. The lowest BCUT2D eigenvalue weighted by molar-refractivity contribution is 0.0592. The summed E-state index contributed by atoms with van der Waals surface area (Å²) in [6.07, 6.45) is 2.75.